The van der Waals surface area contributed by atoms with Gasteiger partial charge in [0, 0.05) is 31.7 Å². The van der Waals surface area contributed by atoms with Crippen LogP contribution in [0.15, 0.2) is 24.5 Å². The lowest BCUT2D eigenvalue weighted by molar-refractivity contribution is -0.122. The summed E-state index contributed by atoms with van der Waals surface area (Å²) in [6.45, 7) is 30.0. The zero-order valence-electron chi connectivity index (χ0n) is 48.9. The second-order valence-electron chi connectivity index (χ2n) is 17.5. The van der Waals surface area contributed by atoms with Gasteiger partial charge in [0.2, 0.25) is 5.91 Å². The molecule has 0 aromatic carbocycles. The van der Waals surface area contributed by atoms with Crippen molar-refractivity contribution in [1.29, 1.82) is 0 Å². The summed E-state index contributed by atoms with van der Waals surface area (Å²) in [6.07, 6.45) is 31.0. The van der Waals surface area contributed by atoms with Crippen LogP contribution >= 0.6 is 37.9 Å². The molecule has 0 aliphatic rings. The average Bonchev–Trinajstić information content (AvgIpc) is 3.37. The maximum Gasteiger partial charge on any atom is 0.220 e. The molecule has 0 bridgehead atoms. The Morgan fingerprint density at radius 2 is 1.07 bits per heavy atom. The summed E-state index contributed by atoms with van der Waals surface area (Å²) in [4.78, 5) is 43.0. The van der Waals surface area contributed by atoms with Gasteiger partial charge in [-0.25, -0.2) is 0 Å². The van der Waals surface area contributed by atoms with Crippen LogP contribution in [0.25, 0.3) is 0 Å². The van der Waals surface area contributed by atoms with Crippen molar-refractivity contribution < 1.29 is 47.6 Å². The minimum Gasteiger partial charge on any atom is -0.511 e. The van der Waals surface area contributed by atoms with E-state index in [1.54, 1.807) is 0 Å². The second-order valence-corrected chi connectivity index (χ2v) is 18.9. The molecule has 2 atom stereocenters. The van der Waals surface area contributed by atoms with Crippen molar-refractivity contribution in [3.05, 3.63) is 24.5 Å². The average molecular weight is 1100 g/mol. The molecule has 0 spiro atoms. The number of likely N-dealkylation sites (N-methyl/N-ethyl adjacent to an activating group) is 1. The zero-order chi connectivity index (χ0) is 56.9. The molecule has 73 heavy (non-hydrogen) atoms. The topological polar surface area (TPSA) is 149 Å². The van der Waals surface area contributed by atoms with Crippen molar-refractivity contribution >= 4 is 61.0 Å². The Kier molecular flexibility index (Phi) is 95.9. The number of hydrogen-bond acceptors (Lipinski definition) is 12. The van der Waals surface area contributed by atoms with Gasteiger partial charge in [0.25, 0.3) is 0 Å². The highest BCUT2D eigenvalue weighted by atomic mass is 32.1. The number of carbonyl (C=O) groups excluding carboxylic acids is 4. The summed E-state index contributed by atoms with van der Waals surface area (Å²) in [5, 5.41) is 15.5. The summed E-state index contributed by atoms with van der Waals surface area (Å²) in [5.41, 5.74) is 1.04. The van der Waals surface area contributed by atoms with Gasteiger partial charge in [0.15, 0.2) is 10.9 Å². The van der Waals surface area contributed by atoms with Gasteiger partial charge in [-0.1, -0.05) is 176 Å². The molecule has 0 saturated carbocycles. The first-order valence-corrected chi connectivity index (χ1v) is 30.1. The maximum absolute atomic E-state index is 12.1. The van der Waals surface area contributed by atoms with Gasteiger partial charge >= 0.3 is 0 Å². The Balaban J connectivity index is -0.000000177. The van der Waals surface area contributed by atoms with Crippen molar-refractivity contribution in [2.24, 2.45) is 5.92 Å². The number of aliphatic hydroxyl groups excluding tert-OH is 1. The number of rotatable bonds is 46. The largest absolute Gasteiger partial charge is 0.511 e. The van der Waals surface area contributed by atoms with Crippen LogP contribution in [0, 0.1) is 5.92 Å². The third kappa shape index (κ3) is 100. The third-order valence-electron chi connectivity index (χ3n) is 10.2. The fourth-order valence-electron chi connectivity index (χ4n) is 6.23. The zero-order valence-corrected chi connectivity index (χ0v) is 51.6. The van der Waals surface area contributed by atoms with Gasteiger partial charge < -0.3 is 39.5 Å². The molecule has 3 N–H and O–H groups in total. The number of halogens is 1. The summed E-state index contributed by atoms with van der Waals surface area (Å²) >= 11 is 11.5. The Labute approximate surface area is 467 Å². The van der Waals surface area contributed by atoms with Crippen molar-refractivity contribution in [2.75, 3.05) is 84.6 Å². The number of hydrogen-bond donors (Lipinski definition) is 6. The fourth-order valence-corrected chi connectivity index (χ4v) is 6.83. The number of aliphatic hydroxyl groups is 1. The van der Waals surface area contributed by atoms with E-state index in [2.05, 4.69) is 75.5 Å². The summed E-state index contributed by atoms with van der Waals surface area (Å²) in [7, 11) is 1.87. The van der Waals surface area contributed by atoms with Crippen LogP contribution in [0.3, 0.4) is 0 Å². The van der Waals surface area contributed by atoms with Crippen LogP contribution in [0.4, 0.5) is 4.39 Å². The number of alkyl halides is 1. The molecule has 0 heterocycles. The van der Waals surface area contributed by atoms with Crippen molar-refractivity contribution in [2.45, 2.75) is 235 Å². The molecule has 0 aromatic rings. The Morgan fingerprint density at radius 3 is 1.45 bits per heavy atom. The molecule has 11 nitrogen and oxygen atoms in total. The van der Waals surface area contributed by atoms with E-state index in [9.17, 15) is 28.7 Å². The molecule has 0 aromatic heterocycles. The highest BCUT2D eigenvalue weighted by Crippen LogP contribution is 2.16. The van der Waals surface area contributed by atoms with E-state index in [4.69, 9.17) is 18.9 Å². The van der Waals surface area contributed by atoms with Crippen LogP contribution in [0.2, 0.25) is 0 Å². The first-order valence-electron chi connectivity index (χ1n) is 28.4. The first kappa shape index (κ1) is 85.5. The van der Waals surface area contributed by atoms with E-state index in [0.29, 0.717) is 58.0 Å². The van der Waals surface area contributed by atoms with Crippen LogP contribution in [-0.2, 0) is 38.1 Å². The van der Waals surface area contributed by atoms with Gasteiger partial charge in [-0.15, -0.1) is 19.2 Å². The van der Waals surface area contributed by atoms with Crippen LogP contribution in [-0.4, -0.2) is 119 Å². The number of nitrogens with one attached hydrogen (secondary N) is 2. The molecule has 0 rings (SSSR count). The van der Waals surface area contributed by atoms with E-state index in [0.717, 1.165) is 75.2 Å². The van der Waals surface area contributed by atoms with Gasteiger partial charge in [0.05, 0.1) is 45.8 Å². The van der Waals surface area contributed by atoms with Gasteiger partial charge in [-0.2, -0.15) is 25.3 Å². The van der Waals surface area contributed by atoms with Crippen molar-refractivity contribution in [3.63, 3.8) is 0 Å². The lowest BCUT2D eigenvalue weighted by atomic mass is 10.0. The molecule has 0 saturated heterocycles. The number of ether oxygens (including phenoxy) is 4. The highest BCUT2D eigenvalue weighted by Gasteiger charge is 2.14. The summed E-state index contributed by atoms with van der Waals surface area (Å²) in [5.74, 6) is 2.36. The minimum atomic E-state index is -0.365. The van der Waals surface area contributed by atoms with Crippen molar-refractivity contribution in [1.82, 2.24) is 10.6 Å². The van der Waals surface area contributed by atoms with Crippen LogP contribution in [0.5, 0.6) is 0 Å². The molecular weight excluding hydrogens is 984 g/mol. The number of ketones is 1. The van der Waals surface area contributed by atoms with Gasteiger partial charge in [-0.3, -0.25) is 18.8 Å². The third-order valence-corrected chi connectivity index (χ3v) is 10.9. The predicted molar refractivity (Wildman–Crippen MR) is 323 cm³/mol. The minimum absolute atomic E-state index is 0.00176. The monoisotopic (exact) mass is 1100 g/mol. The molecule has 1 amide bonds. The first-order chi connectivity index (χ1) is 35.2. The summed E-state index contributed by atoms with van der Waals surface area (Å²) in [6, 6.07) is -0.365. The molecule has 2 unspecified atom stereocenters. The Morgan fingerprint density at radius 1 is 0.616 bits per heavy atom. The van der Waals surface area contributed by atoms with E-state index < -0.39 is 0 Å². The van der Waals surface area contributed by atoms with E-state index in [-0.39, 0.29) is 48.5 Å². The molecule has 440 valence electrons. The van der Waals surface area contributed by atoms with E-state index in [1.165, 1.54) is 116 Å². The fraction of sp³-hybridized carbons (Fsp3) is 0.862. The van der Waals surface area contributed by atoms with Crippen molar-refractivity contribution in [3.8, 4) is 0 Å². The quantitative estimate of drug-likeness (QED) is 0.0114. The van der Waals surface area contributed by atoms with Crippen LogP contribution < -0.4 is 10.6 Å². The SMILES string of the molecule is C=C(C)CCC(NC(=O)CCCCCCCCCCCCCCCCCCC(=O)S)C(=C)O.CC.CC.CCCCCC(C)CCS.CCCOCCOCC=O.CNCCOCCOCC(C)=O.FCCS. The lowest BCUT2D eigenvalue weighted by Gasteiger charge is -2.17. The molecular formula is C58H119FN2O9S3. The van der Waals surface area contributed by atoms with Gasteiger partial charge in [-0.05, 0) is 71.1 Å². The maximum atomic E-state index is 12.1. The smallest absolute Gasteiger partial charge is 0.220 e. The second kappa shape index (κ2) is 81.9. The standard InChI is InChI=1S/C28H51NO3S.C9H20S.C8H17NO3.C7H14O3.C2H5FS.2C2H6/c1-24(2)22-23-26(25(3)30)29-27(31)20-18-16-14-12-10-8-6-4-5-7-9-11-13-15-17-19-21-28(32)33;1-3-4-5-6-9(2)7-8-10;1-8(10)7-12-6-5-11-4-3-9-2;1-2-4-9-6-7-10-5-3-8;3-1-2-4;2*1-2/h26,30H,1,3-23H2,2H3,(H,29,31)(H,32,33);9-10H,3-8H2,1-2H3;9H,3-7H2,1-2H3;3H,2,4-7H2,1H3;4H,1-2H2;2*1-2H3. The molecule has 0 fully saturated rings. The Bertz CT molecular complexity index is 1110. The van der Waals surface area contributed by atoms with Crippen LogP contribution in [0.1, 0.15) is 229 Å². The molecule has 15 heteroatoms. The Hall–Kier alpha value is -1.46. The molecule has 0 aliphatic carbocycles. The van der Waals surface area contributed by atoms with Gasteiger partial charge in [0.1, 0.15) is 25.3 Å². The summed E-state index contributed by atoms with van der Waals surface area (Å²) < 4.78 is 30.7. The normalized spacial score (nSPS) is 10.8. The predicted octanol–water partition coefficient (Wildman–Crippen LogP) is 15.3. The number of amides is 1. The lowest BCUT2D eigenvalue weighted by Crippen LogP contribution is -2.36. The molecule has 0 aliphatic heterocycles. The number of carbonyl (C=O) groups is 4. The number of thiol groups is 3. The highest BCUT2D eigenvalue weighted by molar-refractivity contribution is 7.96. The van der Waals surface area contributed by atoms with E-state index >= 15 is 0 Å². The number of allylic oxidation sites excluding steroid dienone is 1. The number of unbranched alkanes of at least 4 members (excludes halogenated alkanes) is 17. The number of aldehydes is 1. The molecule has 0 radical (unpaired) electrons. The van der Waals surface area contributed by atoms with E-state index in [1.807, 2.05) is 48.6 Å². The number of Topliss-reactive ketones (excluding diaryl/α,β-unsaturated/α-hetero) is 1.